The van der Waals surface area contributed by atoms with Gasteiger partial charge in [-0.15, -0.1) is 0 Å². The highest BCUT2D eigenvalue weighted by Gasteiger charge is 2.16. The van der Waals surface area contributed by atoms with E-state index in [1.165, 1.54) is 12.1 Å². The highest BCUT2D eigenvalue weighted by molar-refractivity contribution is 9.10. The van der Waals surface area contributed by atoms with Crippen molar-refractivity contribution >= 4 is 33.2 Å². The minimum absolute atomic E-state index is 0.151. The molecular formula is C10H11BrN2O4. The second-order valence-electron chi connectivity index (χ2n) is 3.32. The molecule has 0 saturated heterocycles. The van der Waals surface area contributed by atoms with Gasteiger partial charge in [-0.3, -0.25) is 14.9 Å². The molecule has 0 saturated carbocycles. The number of benzene rings is 1. The van der Waals surface area contributed by atoms with Crippen LogP contribution in [-0.4, -0.2) is 20.8 Å². The summed E-state index contributed by atoms with van der Waals surface area (Å²) in [6, 6.07) is 3.50. The fourth-order valence-corrected chi connectivity index (χ4v) is 1.25. The second-order valence-corrected chi connectivity index (χ2v) is 4.43. The highest BCUT2D eigenvalue weighted by Crippen LogP contribution is 2.28. The molecule has 0 heterocycles. The van der Waals surface area contributed by atoms with Crippen molar-refractivity contribution in [3.05, 3.63) is 28.3 Å². The molecule has 1 amide bonds. The van der Waals surface area contributed by atoms with Gasteiger partial charge in [-0.1, -0.05) is 22.9 Å². The van der Waals surface area contributed by atoms with Gasteiger partial charge in [0.25, 0.3) is 5.69 Å². The topological polar surface area (TPSA) is 92.5 Å². The minimum Gasteiger partial charge on any atom is -0.506 e. The molecule has 1 atom stereocenters. The van der Waals surface area contributed by atoms with Crippen LogP contribution in [0.15, 0.2) is 18.2 Å². The Morgan fingerprint density at radius 1 is 1.65 bits per heavy atom. The first-order chi connectivity index (χ1) is 7.95. The third kappa shape index (κ3) is 3.42. The lowest BCUT2D eigenvalue weighted by molar-refractivity contribution is -0.384. The summed E-state index contributed by atoms with van der Waals surface area (Å²) >= 11 is 3.16. The smallest absolute Gasteiger partial charge is 0.273 e. The Bertz CT molecular complexity index is 450. The fourth-order valence-electron chi connectivity index (χ4n) is 1.14. The molecule has 0 aliphatic rings. The zero-order valence-electron chi connectivity index (χ0n) is 9.01. The number of aromatic hydroxyl groups is 1. The van der Waals surface area contributed by atoms with E-state index in [4.69, 9.17) is 0 Å². The van der Waals surface area contributed by atoms with Crippen molar-refractivity contribution in [1.82, 2.24) is 0 Å². The average molecular weight is 303 g/mol. The largest absolute Gasteiger partial charge is 0.506 e. The van der Waals surface area contributed by atoms with E-state index >= 15 is 0 Å². The number of phenolic OH excluding ortho intramolecular Hbond substituents is 1. The van der Waals surface area contributed by atoms with Gasteiger partial charge in [-0.2, -0.15) is 0 Å². The van der Waals surface area contributed by atoms with Crippen LogP contribution in [0.25, 0.3) is 0 Å². The van der Waals surface area contributed by atoms with Crippen molar-refractivity contribution in [3.8, 4) is 5.75 Å². The number of carbonyl (C=O) groups is 1. The number of hydrogen-bond donors (Lipinski definition) is 2. The molecule has 17 heavy (non-hydrogen) atoms. The first-order valence-electron chi connectivity index (χ1n) is 4.88. The first-order valence-corrected chi connectivity index (χ1v) is 5.79. The number of halogens is 1. The Kier molecular flexibility index (Phi) is 4.45. The molecule has 0 aromatic heterocycles. The monoisotopic (exact) mass is 302 g/mol. The van der Waals surface area contributed by atoms with Crippen LogP contribution >= 0.6 is 15.9 Å². The van der Waals surface area contributed by atoms with Gasteiger partial charge < -0.3 is 10.4 Å². The van der Waals surface area contributed by atoms with E-state index in [-0.39, 0.29) is 27.9 Å². The van der Waals surface area contributed by atoms with E-state index in [0.29, 0.717) is 6.42 Å². The predicted molar refractivity (Wildman–Crippen MR) is 66.4 cm³/mol. The summed E-state index contributed by atoms with van der Waals surface area (Å²) in [6.07, 6.45) is 0.597. The lowest BCUT2D eigenvalue weighted by Gasteiger charge is -2.09. The van der Waals surface area contributed by atoms with Crippen LogP contribution in [-0.2, 0) is 4.79 Å². The van der Waals surface area contributed by atoms with Crippen LogP contribution in [0.5, 0.6) is 5.75 Å². The van der Waals surface area contributed by atoms with E-state index in [0.717, 1.165) is 6.07 Å². The third-order valence-corrected chi connectivity index (χ3v) is 3.16. The number of nitro benzene ring substituents is 1. The van der Waals surface area contributed by atoms with Crippen molar-refractivity contribution < 1.29 is 14.8 Å². The Balaban J connectivity index is 2.86. The van der Waals surface area contributed by atoms with Crippen LogP contribution in [0.4, 0.5) is 11.4 Å². The number of hydrogen-bond acceptors (Lipinski definition) is 4. The van der Waals surface area contributed by atoms with E-state index in [9.17, 15) is 20.0 Å². The SMILES string of the molecule is CC[C@H](Br)C(=O)Nc1ccc([N+](=O)[O-])cc1O. The molecular weight excluding hydrogens is 292 g/mol. The average Bonchev–Trinajstić information content (AvgIpc) is 2.30. The number of alkyl halides is 1. The molecule has 0 aliphatic heterocycles. The number of non-ortho nitro benzene ring substituents is 1. The van der Waals surface area contributed by atoms with Crippen LogP contribution < -0.4 is 5.32 Å². The summed E-state index contributed by atoms with van der Waals surface area (Å²) in [6.45, 7) is 1.83. The fraction of sp³-hybridized carbons (Fsp3) is 0.300. The maximum atomic E-state index is 11.5. The standard InChI is InChI=1S/C10H11BrN2O4/c1-2-7(11)10(15)12-8-4-3-6(13(16)17)5-9(8)14/h3-5,7,14H,2H2,1H3,(H,12,15)/t7-/m0/s1. The van der Waals surface area contributed by atoms with Gasteiger partial charge in [0.15, 0.2) is 0 Å². The summed E-state index contributed by atoms with van der Waals surface area (Å²) in [5.74, 6) is -0.639. The minimum atomic E-state index is -0.620. The first kappa shape index (κ1) is 13.4. The molecule has 0 bridgehead atoms. The zero-order chi connectivity index (χ0) is 13.0. The van der Waals surface area contributed by atoms with Gasteiger partial charge in [-0.05, 0) is 12.5 Å². The number of nitrogens with one attached hydrogen (secondary N) is 1. The molecule has 1 rings (SSSR count). The van der Waals surface area contributed by atoms with Crippen molar-refractivity contribution in [2.75, 3.05) is 5.32 Å². The number of rotatable bonds is 4. The summed E-state index contributed by atoms with van der Waals surface area (Å²) < 4.78 is 0. The lowest BCUT2D eigenvalue weighted by atomic mass is 10.2. The van der Waals surface area contributed by atoms with Gasteiger partial charge >= 0.3 is 0 Å². The van der Waals surface area contributed by atoms with E-state index in [1.54, 1.807) is 0 Å². The zero-order valence-corrected chi connectivity index (χ0v) is 10.6. The third-order valence-electron chi connectivity index (χ3n) is 2.09. The van der Waals surface area contributed by atoms with Crippen molar-refractivity contribution in [1.29, 1.82) is 0 Å². The molecule has 1 aromatic rings. The molecule has 0 fully saturated rings. The van der Waals surface area contributed by atoms with Crippen LogP contribution in [0, 0.1) is 10.1 Å². The molecule has 7 heteroatoms. The van der Waals surface area contributed by atoms with Crippen molar-refractivity contribution in [3.63, 3.8) is 0 Å². The summed E-state index contributed by atoms with van der Waals surface area (Å²) in [4.78, 5) is 21.0. The summed E-state index contributed by atoms with van der Waals surface area (Å²) in [5, 5.41) is 22.4. The van der Waals surface area contributed by atoms with E-state index in [2.05, 4.69) is 21.2 Å². The maximum absolute atomic E-state index is 11.5. The van der Waals surface area contributed by atoms with Crippen molar-refractivity contribution in [2.24, 2.45) is 0 Å². The Morgan fingerprint density at radius 3 is 2.76 bits per heavy atom. The van der Waals surface area contributed by atoms with E-state index < -0.39 is 4.92 Å². The number of amides is 1. The molecule has 6 nitrogen and oxygen atoms in total. The van der Waals surface area contributed by atoms with Gasteiger partial charge in [0.1, 0.15) is 5.75 Å². The predicted octanol–water partition coefficient (Wildman–Crippen LogP) is 2.41. The Hall–Kier alpha value is -1.63. The second kappa shape index (κ2) is 5.62. The van der Waals surface area contributed by atoms with Gasteiger partial charge in [0.05, 0.1) is 21.5 Å². The number of phenols is 1. The van der Waals surface area contributed by atoms with Crippen LogP contribution in [0.1, 0.15) is 13.3 Å². The highest BCUT2D eigenvalue weighted by atomic mass is 79.9. The molecule has 0 aliphatic carbocycles. The van der Waals surface area contributed by atoms with Crippen molar-refractivity contribution in [2.45, 2.75) is 18.2 Å². The lowest BCUT2D eigenvalue weighted by Crippen LogP contribution is -2.21. The van der Waals surface area contributed by atoms with Gasteiger partial charge in [-0.25, -0.2) is 0 Å². The molecule has 92 valence electrons. The normalized spacial score (nSPS) is 11.9. The Labute approximate surface area is 106 Å². The summed E-state index contributed by atoms with van der Waals surface area (Å²) in [7, 11) is 0. The van der Waals surface area contributed by atoms with E-state index in [1.807, 2.05) is 6.92 Å². The number of nitro groups is 1. The molecule has 1 aromatic carbocycles. The number of anilines is 1. The molecule has 0 spiro atoms. The summed E-state index contributed by atoms with van der Waals surface area (Å²) in [5.41, 5.74) is -0.0788. The molecule has 0 radical (unpaired) electrons. The maximum Gasteiger partial charge on any atom is 0.273 e. The van der Waals surface area contributed by atoms with Gasteiger partial charge in [0, 0.05) is 6.07 Å². The molecule has 0 unspecified atom stereocenters. The number of carbonyl (C=O) groups excluding carboxylic acids is 1. The van der Waals surface area contributed by atoms with Gasteiger partial charge in [0.2, 0.25) is 5.91 Å². The van der Waals surface area contributed by atoms with Crippen LogP contribution in [0.3, 0.4) is 0 Å². The number of nitrogens with zero attached hydrogens (tertiary/aromatic N) is 1. The molecule has 2 N–H and O–H groups in total. The quantitative estimate of drug-likeness (QED) is 0.386. The van der Waals surface area contributed by atoms with Crippen LogP contribution in [0.2, 0.25) is 0 Å². The Morgan fingerprint density at radius 2 is 2.29 bits per heavy atom.